The summed E-state index contributed by atoms with van der Waals surface area (Å²) in [7, 11) is 0. The lowest BCUT2D eigenvalue weighted by Crippen LogP contribution is -2.18. The van der Waals surface area contributed by atoms with Crippen molar-refractivity contribution in [2.24, 2.45) is 0 Å². The van der Waals surface area contributed by atoms with Crippen LogP contribution in [-0.4, -0.2) is 45.6 Å². The van der Waals surface area contributed by atoms with Gasteiger partial charge in [0.1, 0.15) is 0 Å². The molecule has 2 aromatic heterocycles. The lowest BCUT2D eigenvalue weighted by molar-refractivity contribution is 0.0474. The predicted molar refractivity (Wildman–Crippen MR) is 107 cm³/mol. The van der Waals surface area contributed by atoms with Gasteiger partial charge < -0.3 is 14.0 Å². The van der Waals surface area contributed by atoms with E-state index in [0.29, 0.717) is 22.2 Å². The number of carbonyl (C=O) groups is 2. The Labute approximate surface area is 168 Å². The van der Waals surface area contributed by atoms with Gasteiger partial charge in [0, 0.05) is 42.5 Å². The maximum atomic E-state index is 12.7. The molecule has 0 amide bonds. The molecule has 4 rings (SSSR count). The van der Waals surface area contributed by atoms with Gasteiger partial charge in [0.15, 0.2) is 6.61 Å². The number of benzene rings is 1. The molecule has 0 spiro atoms. The first kappa shape index (κ1) is 19.3. The zero-order valence-corrected chi connectivity index (χ0v) is 16.6. The topological polar surface area (TPSA) is 83.3 Å². The Balaban J connectivity index is 1.43. The van der Waals surface area contributed by atoms with Gasteiger partial charge in [-0.1, -0.05) is 0 Å². The first-order valence-corrected chi connectivity index (χ1v) is 9.72. The normalized spacial score (nSPS) is 16.3. The fraction of sp³-hybridized carbons (Fsp3) is 0.364. The fourth-order valence-corrected chi connectivity index (χ4v) is 3.74. The summed E-state index contributed by atoms with van der Waals surface area (Å²) in [5.41, 5.74) is 4.10. The standard InChI is InChI=1S/C22H23N3O4/c1-14-10-18(15(2)25(14)12-17-4-3-9-28-17)21(26)13-29-22(27)16-5-6-19-20(11-16)24-8-7-23-19/h5-8,10-11,17H,3-4,9,12-13H2,1-2H3/t17-/m0/s1. The molecule has 1 atom stereocenters. The predicted octanol–water partition coefficient (Wildman–Crippen LogP) is 3.27. The minimum absolute atomic E-state index is 0.191. The van der Waals surface area contributed by atoms with Crippen molar-refractivity contribution in [2.75, 3.05) is 13.2 Å². The van der Waals surface area contributed by atoms with Gasteiger partial charge in [-0.15, -0.1) is 0 Å². The van der Waals surface area contributed by atoms with Crippen molar-refractivity contribution in [1.82, 2.24) is 14.5 Å². The second kappa shape index (κ2) is 8.13. The molecule has 1 aliphatic rings. The molecular weight excluding hydrogens is 370 g/mol. The summed E-state index contributed by atoms with van der Waals surface area (Å²) in [6, 6.07) is 6.80. The third kappa shape index (κ3) is 4.05. The number of fused-ring (bicyclic) bond motifs is 1. The average molecular weight is 393 g/mol. The maximum absolute atomic E-state index is 12.7. The average Bonchev–Trinajstić information content (AvgIpc) is 3.35. The molecule has 0 bridgehead atoms. The Kier molecular flexibility index (Phi) is 5.40. The third-order valence-electron chi connectivity index (χ3n) is 5.32. The van der Waals surface area contributed by atoms with E-state index in [1.165, 1.54) is 0 Å². The van der Waals surface area contributed by atoms with Gasteiger partial charge in [-0.2, -0.15) is 0 Å². The Hall–Kier alpha value is -3.06. The number of esters is 1. The van der Waals surface area contributed by atoms with E-state index >= 15 is 0 Å². The summed E-state index contributed by atoms with van der Waals surface area (Å²) in [6.07, 6.45) is 5.46. The summed E-state index contributed by atoms with van der Waals surface area (Å²) in [5, 5.41) is 0. The molecular formula is C22H23N3O4. The number of carbonyl (C=O) groups excluding carboxylic acids is 2. The summed E-state index contributed by atoms with van der Waals surface area (Å²) in [5.74, 6) is -0.773. The molecule has 7 nitrogen and oxygen atoms in total. The molecule has 1 aromatic carbocycles. The minimum atomic E-state index is -0.556. The zero-order chi connectivity index (χ0) is 20.4. The number of rotatable bonds is 6. The smallest absolute Gasteiger partial charge is 0.338 e. The highest BCUT2D eigenvalue weighted by molar-refractivity contribution is 6.01. The van der Waals surface area contributed by atoms with Crippen LogP contribution in [0.1, 0.15) is 44.9 Å². The highest BCUT2D eigenvalue weighted by atomic mass is 16.5. The quantitative estimate of drug-likeness (QED) is 0.472. The van der Waals surface area contributed by atoms with Crippen LogP contribution >= 0.6 is 0 Å². The molecule has 0 radical (unpaired) electrons. The van der Waals surface area contributed by atoms with Gasteiger partial charge in [0.05, 0.1) is 22.7 Å². The number of ether oxygens (including phenoxy) is 2. The van der Waals surface area contributed by atoms with Gasteiger partial charge in [-0.3, -0.25) is 14.8 Å². The van der Waals surface area contributed by atoms with Crippen LogP contribution in [0, 0.1) is 13.8 Å². The number of ketones is 1. The third-order valence-corrected chi connectivity index (χ3v) is 5.32. The van der Waals surface area contributed by atoms with Crippen molar-refractivity contribution in [3.8, 4) is 0 Å². The Morgan fingerprint density at radius 2 is 1.97 bits per heavy atom. The van der Waals surface area contributed by atoms with E-state index in [1.54, 1.807) is 30.6 Å². The minimum Gasteiger partial charge on any atom is -0.454 e. The lowest BCUT2D eigenvalue weighted by Gasteiger charge is -2.14. The van der Waals surface area contributed by atoms with Crippen molar-refractivity contribution in [1.29, 1.82) is 0 Å². The number of hydrogen-bond donors (Lipinski definition) is 0. The molecule has 0 saturated carbocycles. The highest BCUT2D eigenvalue weighted by Gasteiger charge is 2.22. The molecule has 0 N–H and O–H groups in total. The van der Waals surface area contributed by atoms with Gasteiger partial charge in [0.2, 0.25) is 5.78 Å². The molecule has 1 aliphatic heterocycles. The molecule has 29 heavy (non-hydrogen) atoms. The number of aromatic nitrogens is 3. The van der Waals surface area contributed by atoms with E-state index in [9.17, 15) is 9.59 Å². The molecule has 7 heteroatoms. The molecule has 1 saturated heterocycles. The zero-order valence-electron chi connectivity index (χ0n) is 16.6. The van der Waals surface area contributed by atoms with Crippen molar-refractivity contribution in [2.45, 2.75) is 39.3 Å². The van der Waals surface area contributed by atoms with Crippen LogP contribution < -0.4 is 0 Å². The Morgan fingerprint density at radius 1 is 1.17 bits per heavy atom. The van der Waals surface area contributed by atoms with Crippen LogP contribution in [0.15, 0.2) is 36.7 Å². The van der Waals surface area contributed by atoms with Crippen LogP contribution in [0.25, 0.3) is 11.0 Å². The van der Waals surface area contributed by atoms with Crippen molar-refractivity contribution < 1.29 is 19.1 Å². The SMILES string of the molecule is Cc1cc(C(=O)COC(=O)c2ccc3nccnc3c2)c(C)n1C[C@@H]1CCCO1. The van der Waals surface area contributed by atoms with E-state index < -0.39 is 5.97 Å². The monoisotopic (exact) mass is 393 g/mol. The highest BCUT2D eigenvalue weighted by Crippen LogP contribution is 2.21. The van der Waals surface area contributed by atoms with Gasteiger partial charge >= 0.3 is 5.97 Å². The van der Waals surface area contributed by atoms with Crippen LogP contribution in [0.2, 0.25) is 0 Å². The van der Waals surface area contributed by atoms with Gasteiger partial charge in [-0.25, -0.2) is 4.79 Å². The summed E-state index contributed by atoms with van der Waals surface area (Å²) in [4.78, 5) is 33.4. The first-order valence-electron chi connectivity index (χ1n) is 9.72. The molecule has 0 unspecified atom stereocenters. The molecule has 3 heterocycles. The van der Waals surface area contributed by atoms with E-state index in [0.717, 1.165) is 37.4 Å². The van der Waals surface area contributed by atoms with Crippen molar-refractivity contribution in [3.05, 3.63) is 59.2 Å². The Morgan fingerprint density at radius 3 is 2.72 bits per heavy atom. The molecule has 150 valence electrons. The largest absolute Gasteiger partial charge is 0.454 e. The van der Waals surface area contributed by atoms with Crippen LogP contribution in [0.4, 0.5) is 0 Å². The lowest BCUT2D eigenvalue weighted by atomic mass is 10.1. The molecule has 3 aromatic rings. The molecule has 1 fully saturated rings. The summed E-state index contributed by atoms with van der Waals surface area (Å²) < 4.78 is 13.1. The second-order valence-electron chi connectivity index (χ2n) is 7.29. The number of nitrogens with zero attached hydrogens (tertiary/aromatic N) is 3. The first-order chi connectivity index (χ1) is 14.0. The van der Waals surface area contributed by atoms with Gasteiger partial charge in [-0.05, 0) is 51.0 Å². The van der Waals surface area contributed by atoms with E-state index in [1.807, 2.05) is 19.9 Å². The summed E-state index contributed by atoms with van der Waals surface area (Å²) >= 11 is 0. The number of Topliss-reactive ketones (excluding diaryl/α,β-unsaturated/α-hetero) is 1. The van der Waals surface area contributed by atoms with Gasteiger partial charge in [0.25, 0.3) is 0 Å². The van der Waals surface area contributed by atoms with Crippen LogP contribution in [0.5, 0.6) is 0 Å². The Bertz CT molecular complexity index is 1070. The fourth-order valence-electron chi connectivity index (χ4n) is 3.74. The second-order valence-corrected chi connectivity index (χ2v) is 7.29. The van der Waals surface area contributed by atoms with Crippen LogP contribution in [0.3, 0.4) is 0 Å². The summed E-state index contributed by atoms with van der Waals surface area (Å²) in [6.45, 7) is 5.12. The van der Waals surface area contributed by atoms with E-state index in [4.69, 9.17) is 9.47 Å². The van der Waals surface area contributed by atoms with Crippen LogP contribution in [-0.2, 0) is 16.0 Å². The van der Waals surface area contributed by atoms with E-state index in [2.05, 4.69) is 14.5 Å². The number of aryl methyl sites for hydroxylation is 1. The van der Waals surface area contributed by atoms with E-state index in [-0.39, 0.29) is 18.5 Å². The maximum Gasteiger partial charge on any atom is 0.338 e. The molecule has 0 aliphatic carbocycles. The van der Waals surface area contributed by atoms with Crippen molar-refractivity contribution >= 4 is 22.8 Å². The van der Waals surface area contributed by atoms with Crippen molar-refractivity contribution in [3.63, 3.8) is 0 Å². The number of hydrogen-bond acceptors (Lipinski definition) is 6.